The van der Waals surface area contributed by atoms with E-state index in [9.17, 15) is 9.59 Å². The molecular formula is C22H18N4O3. The third-order valence-electron chi connectivity index (χ3n) is 4.45. The summed E-state index contributed by atoms with van der Waals surface area (Å²) in [6.07, 6.45) is 0. The Morgan fingerprint density at radius 3 is 2.38 bits per heavy atom. The van der Waals surface area contributed by atoms with Crippen LogP contribution in [0.1, 0.15) is 17.4 Å². The molecule has 0 saturated heterocycles. The highest BCUT2D eigenvalue weighted by Gasteiger charge is 2.22. The van der Waals surface area contributed by atoms with Crippen LogP contribution < -0.4 is 11.3 Å². The number of hydrogen-bond donors (Lipinski definition) is 1. The lowest BCUT2D eigenvalue weighted by Crippen LogP contribution is -2.26. The Balaban J connectivity index is 2.06. The van der Waals surface area contributed by atoms with Gasteiger partial charge in [-0.25, -0.2) is 9.78 Å². The predicted molar refractivity (Wildman–Crippen MR) is 111 cm³/mol. The van der Waals surface area contributed by atoms with Crippen molar-refractivity contribution in [3.05, 3.63) is 82.8 Å². The molecule has 2 N–H and O–H groups in total. The molecule has 0 spiro atoms. The van der Waals surface area contributed by atoms with Crippen molar-refractivity contribution in [1.29, 1.82) is 0 Å². The van der Waals surface area contributed by atoms with E-state index in [0.29, 0.717) is 16.8 Å². The van der Waals surface area contributed by atoms with Crippen LogP contribution in [0.2, 0.25) is 0 Å². The van der Waals surface area contributed by atoms with Gasteiger partial charge in [0.2, 0.25) is 0 Å². The number of aromatic nitrogens is 3. The molecule has 0 aliphatic carbocycles. The second-order valence-corrected chi connectivity index (χ2v) is 6.30. The van der Waals surface area contributed by atoms with Crippen LogP contribution in [0.5, 0.6) is 0 Å². The van der Waals surface area contributed by atoms with Gasteiger partial charge < -0.3 is 10.5 Å². The zero-order valence-electron chi connectivity index (χ0n) is 15.7. The number of ether oxygens (including phenoxy) is 1. The van der Waals surface area contributed by atoms with Gasteiger partial charge in [0.15, 0.2) is 5.69 Å². The molecule has 2 heterocycles. The van der Waals surface area contributed by atoms with Gasteiger partial charge in [0.05, 0.1) is 23.4 Å². The fourth-order valence-corrected chi connectivity index (χ4v) is 3.13. The van der Waals surface area contributed by atoms with Crippen LogP contribution in [0.4, 0.5) is 5.82 Å². The summed E-state index contributed by atoms with van der Waals surface area (Å²) in [7, 11) is 0. The maximum absolute atomic E-state index is 13.2. The Hall–Kier alpha value is -4.00. The minimum atomic E-state index is -0.633. The lowest BCUT2D eigenvalue weighted by Gasteiger charge is -2.13. The fraction of sp³-hybridized carbons (Fsp3) is 0.0909. The summed E-state index contributed by atoms with van der Waals surface area (Å²) in [5.41, 5.74) is 7.60. The quantitative estimate of drug-likeness (QED) is 0.541. The minimum absolute atomic E-state index is 0.0107. The third kappa shape index (κ3) is 3.34. The Bertz CT molecular complexity index is 1250. The summed E-state index contributed by atoms with van der Waals surface area (Å²) in [5, 5.41) is 4.75. The van der Waals surface area contributed by atoms with E-state index in [-0.39, 0.29) is 23.5 Å². The van der Waals surface area contributed by atoms with Gasteiger partial charge in [-0.3, -0.25) is 4.79 Å². The maximum Gasteiger partial charge on any atom is 0.359 e. The summed E-state index contributed by atoms with van der Waals surface area (Å²) in [6.45, 7) is 1.89. The highest BCUT2D eigenvalue weighted by molar-refractivity contribution is 6.06. The molecule has 29 heavy (non-hydrogen) atoms. The molecule has 2 aromatic carbocycles. The minimum Gasteiger partial charge on any atom is -0.461 e. The van der Waals surface area contributed by atoms with Crippen molar-refractivity contribution in [3.8, 4) is 16.9 Å². The average Bonchev–Trinajstić information content (AvgIpc) is 2.75. The number of anilines is 1. The first-order valence-electron chi connectivity index (χ1n) is 9.11. The van der Waals surface area contributed by atoms with Crippen LogP contribution in [-0.4, -0.2) is 27.3 Å². The van der Waals surface area contributed by atoms with Crippen LogP contribution in [0.25, 0.3) is 27.7 Å². The molecule has 0 aliphatic heterocycles. The molecular weight excluding hydrogens is 368 g/mol. The van der Waals surface area contributed by atoms with Crippen molar-refractivity contribution in [1.82, 2.24) is 14.8 Å². The third-order valence-corrected chi connectivity index (χ3v) is 4.45. The zero-order valence-corrected chi connectivity index (χ0v) is 15.7. The highest BCUT2D eigenvalue weighted by atomic mass is 16.5. The van der Waals surface area contributed by atoms with Gasteiger partial charge in [-0.05, 0) is 25.1 Å². The molecule has 4 rings (SSSR count). The SMILES string of the molecule is CCOC(=O)c1nn(-c2ccccc2)c(=O)c2c(N)nc(-c3ccccc3)cc12. The Morgan fingerprint density at radius 1 is 1.07 bits per heavy atom. The molecule has 0 atom stereocenters. The van der Waals surface area contributed by atoms with Gasteiger partial charge in [0.1, 0.15) is 5.82 Å². The Kier molecular flexibility index (Phi) is 4.78. The first-order chi connectivity index (χ1) is 14.1. The molecule has 0 fully saturated rings. The van der Waals surface area contributed by atoms with Crippen LogP contribution in [0.15, 0.2) is 71.5 Å². The molecule has 7 heteroatoms. The van der Waals surface area contributed by atoms with Gasteiger partial charge >= 0.3 is 5.97 Å². The fourth-order valence-electron chi connectivity index (χ4n) is 3.13. The Morgan fingerprint density at radius 2 is 1.72 bits per heavy atom. The summed E-state index contributed by atoms with van der Waals surface area (Å²) < 4.78 is 6.32. The molecule has 0 radical (unpaired) electrons. The van der Waals surface area contributed by atoms with Crippen molar-refractivity contribution in [2.75, 3.05) is 12.3 Å². The lowest BCUT2D eigenvalue weighted by atomic mass is 10.1. The number of nitrogens with zero attached hydrogens (tertiary/aromatic N) is 3. The summed E-state index contributed by atoms with van der Waals surface area (Å²) >= 11 is 0. The number of para-hydroxylation sites is 1. The van der Waals surface area contributed by atoms with Crippen LogP contribution in [-0.2, 0) is 4.74 Å². The Labute approximate surface area is 166 Å². The number of nitrogens with two attached hydrogens (primary N) is 1. The number of hydrogen-bond acceptors (Lipinski definition) is 6. The smallest absolute Gasteiger partial charge is 0.359 e. The van der Waals surface area contributed by atoms with E-state index in [2.05, 4.69) is 10.1 Å². The normalized spacial score (nSPS) is 10.8. The molecule has 0 amide bonds. The number of pyridine rings is 1. The van der Waals surface area contributed by atoms with E-state index in [1.165, 1.54) is 0 Å². The van der Waals surface area contributed by atoms with Crippen LogP contribution in [0.3, 0.4) is 0 Å². The second kappa shape index (κ2) is 7.55. The standard InChI is InChI=1S/C22H18N4O3/c1-2-29-22(28)19-16-13-17(14-9-5-3-6-10-14)24-20(23)18(16)21(27)26(25-19)15-11-7-4-8-12-15/h3-13H,2H2,1H3,(H2,23,24). The van der Waals surface area contributed by atoms with Crippen molar-refractivity contribution in [2.24, 2.45) is 0 Å². The molecule has 7 nitrogen and oxygen atoms in total. The molecule has 0 bridgehead atoms. The van der Waals surface area contributed by atoms with E-state index >= 15 is 0 Å². The molecule has 4 aromatic rings. The van der Waals surface area contributed by atoms with Gasteiger partial charge in [-0.2, -0.15) is 9.78 Å². The number of benzene rings is 2. The molecule has 0 aliphatic rings. The van der Waals surface area contributed by atoms with E-state index < -0.39 is 11.5 Å². The summed E-state index contributed by atoms with van der Waals surface area (Å²) in [5.74, 6) is -0.601. The van der Waals surface area contributed by atoms with E-state index in [1.54, 1.807) is 37.3 Å². The molecule has 2 aromatic heterocycles. The largest absolute Gasteiger partial charge is 0.461 e. The van der Waals surface area contributed by atoms with E-state index in [4.69, 9.17) is 10.5 Å². The number of carbonyl (C=O) groups is 1. The van der Waals surface area contributed by atoms with Gasteiger partial charge in [-0.1, -0.05) is 48.5 Å². The second-order valence-electron chi connectivity index (χ2n) is 6.30. The van der Waals surface area contributed by atoms with E-state index in [1.807, 2.05) is 36.4 Å². The van der Waals surface area contributed by atoms with Gasteiger partial charge in [-0.15, -0.1) is 0 Å². The van der Waals surface area contributed by atoms with E-state index in [0.717, 1.165) is 10.2 Å². The number of nitrogen functional groups attached to an aromatic ring is 1. The zero-order chi connectivity index (χ0) is 20.4. The number of esters is 1. The number of rotatable bonds is 4. The number of fused-ring (bicyclic) bond motifs is 1. The molecule has 0 saturated carbocycles. The van der Waals surface area contributed by atoms with Crippen molar-refractivity contribution >= 4 is 22.6 Å². The first-order valence-corrected chi connectivity index (χ1v) is 9.11. The maximum atomic E-state index is 13.2. The summed E-state index contributed by atoms with van der Waals surface area (Å²) in [6, 6.07) is 19.8. The monoisotopic (exact) mass is 386 g/mol. The van der Waals surface area contributed by atoms with Crippen LogP contribution in [0, 0.1) is 0 Å². The lowest BCUT2D eigenvalue weighted by molar-refractivity contribution is 0.0520. The first kappa shape index (κ1) is 18.4. The number of carbonyl (C=O) groups excluding carboxylic acids is 1. The molecule has 0 unspecified atom stereocenters. The van der Waals surface area contributed by atoms with Crippen LogP contribution >= 0.6 is 0 Å². The molecule has 144 valence electrons. The highest BCUT2D eigenvalue weighted by Crippen LogP contribution is 2.26. The van der Waals surface area contributed by atoms with Gasteiger partial charge in [0, 0.05) is 10.9 Å². The predicted octanol–water partition coefficient (Wildman–Crippen LogP) is 3.21. The van der Waals surface area contributed by atoms with Crippen molar-refractivity contribution in [3.63, 3.8) is 0 Å². The topological polar surface area (TPSA) is 100 Å². The summed E-state index contributed by atoms with van der Waals surface area (Å²) in [4.78, 5) is 30.2. The van der Waals surface area contributed by atoms with Crippen molar-refractivity contribution < 1.29 is 9.53 Å². The van der Waals surface area contributed by atoms with Gasteiger partial charge in [0.25, 0.3) is 5.56 Å². The average molecular weight is 386 g/mol. The van der Waals surface area contributed by atoms with Crippen molar-refractivity contribution in [2.45, 2.75) is 6.92 Å².